The van der Waals surface area contributed by atoms with Crippen LogP contribution >= 0.6 is 11.8 Å². The molecule has 0 aliphatic rings. The molecule has 0 atom stereocenters. The highest BCUT2D eigenvalue weighted by atomic mass is 32.2. The van der Waals surface area contributed by atoms with Crippen LogP contribution in [0.5, 0.6) is 0 Å². The first kappa shape index (κ1) is 15.4. The fraction of sp³-hybridized carbons (Fsp3) is 0.200. The summed E-state index contributed by atoms with van der Waals surface area (Å²) in [7, 11) is 3.08. The van der Waals surface area contributed by atoms with Crippen molar-refractivity contribution in [3.05, 3.63) is 47.7 Å². The van der Waals surface area contributed by atoms with E-state index in [1.165, 1.54) is 37.3 Å². The van der Waals surface area contributed by atoms with Gasteiger partial charge in [0.1, 0.15) is 17.2 Å². The molecule has 0 amide bonds. The zero-order valence-corrected chi connectivity index (χ0v) is 13.3. The van der Waals surface area contributed by atoms with Crippen LogP contribution in [0.3, 0.4) is 0 Å². The second kappa shape index (κ2) is 6.33. The Hall–Kier alpha value is -2.48. The maximum Gasteiger partial charge on any atom is 0.338 e. The van der Waals surface area contributed by atoms with Crippen molar-refractivity contribution >= 4 is 28.8 Å². The van der Waals surface area contributed by atoms with E-state index < -0.39 is 11.8 Å². The molecular formula is C15H13FN4O2S. The molecule has 0 unspecified atom stereocenters. The third-order valence-electron chi connectivity index (χ3n) is 3.33. The highest BCUT2D eigenvalue weighted by molar-refractivity contribution is 7.98. The van der Waals surface area contributed by atoms with Crippen LogP contribution in [0.2, 0.25) is 0 Å². The molecule has 0 saturated carbocycles. The number of carbonyl (C=O) groups excluding carboxylic acids is 1. The Bertz CT molecular complexity index is 881. The number of benzene rings is 1. The van der Waals surface area contributed by atoms with Gasteiger partial charge in [-0.25, -0.2) is 19.2 Å². The zero-order valence-electron chi connectivity index (χ0n) is 12.5. The van der Waals surface area contributed by atoms with Gasteiger partial charge in [0.05, 0.1) is 24.3 Å². The minimum atomic E-state index is -0.561. The Kier molecular flexibility index (Phi) is 4.24. The average Bonchev–Trinajstić information content (AvgIpc) is 2.95. The van der Waals surface area contributed by atoms with E-state index in [2.05, 4.69) is 15.1 Å². The molecule has 0 bridgehead atoms. The number of fused-ring (bicyclic) bond motifs is 1. The predicted molar refractivity (Wildman–Crippen MR) is 83.6 cm³/mol. The van der Waals surface area contributed by atoms with Gasteiger partial charge in [-0.05, 0) is 17.7 Å². The first-order chi connectivity index (χ1) is 11.1. The summed E-state index contributed by atoms with van der Waals surface area (Å²) in [6.45, 7) is 0. The summed E-state index contributed by atoms with van der Waals surface area (Å²) in [5, 5.41) is 5.75. The smallest absolute Gasteiger partial charge is 0.338 e. The molecule has 0 spiro atoms. The molecule has 0 radical (unpaired) electrons. The van der Waals surface area contributed by atoms with Crippen LogP contribution in [-0.4, -0.2) is 32.8 Å². The van der Waals surface area contributed by atoms with E-state index in [4.69, 9.17) is 4.74 Å². The standard InChI is InChI=1S/C15H13FN4O2S/c1-20-13-12(6-19-20)14(18-8-17-13)23-7-9-3-4-10(16)5-11(9)15(21)22-2/h3-6,8H,7H2,1-2H3. The molecule has 3 aromatic rings. The van der Waals surface area contributed by atoms with Crippen LogP contribution in [0, 0.1) is 5.82 Å². The molecule has 2 heterocycles. The first-order valence-corrected chi connectivity index (χ1v) is 7.71. The lowest BCUT2D eigenvalue weighted by Gasteiger charge is -2.08. The van der Waals surface area contributed by atoms with Crippen LogP contribution in [-0.2, 0) is 17.5 Å². The number of esters is 1. The van der Waals surface area contributed by atoms with Gasteiger partial charge in [-0.15, -0.1) is 11.8 Å². The lowest BCUT2D eigenvalue weighted by atomic mass is 10.1. The number of ether oxygens (including phenoxy) is 1. The molecule has 118 valence electrons. The zero-order chi connectivity index (χ0) is 16.4. The number of hydrogen-bond acceptors (Lipinski definition) is 6. The number of methoxy groups -OCH3 is 1. The number of halogens is 1. The van der Waals surface area contributed by atoms with Crippen LogP contribution in [0.1, 0.15) is 15.9 Å². The van der Waals surface area contributed by atoms with Gasteiger partial charge in [0.15, 0.2) is 5.65 Å². The van der Waals surface area contributed by atoms with E-state index in [1.54, 1.807) is 24.0 Å². The first-order valence-electron chi connectivity index (χ1n) is 6.72. The molecule has 0 saturated heterocycles. The average molecular weight is 332 g/mol. The summed E-state index contributed by atoms with van der Waals surface area (Å²) in [5.74, 6) is -0.587. The summed E-state index contributed by atoms with van der Waals surface area (Å²) in [6.07, 6.45) is 3.17. The monoisotopic (exact) mass is 332 g/mol. The summed E-state index contributed by atoms with van der Waals surface area (Å²) in [5.41, 5.74) is 1.63. The molecule has 23 heavy (non-hydrogen) atoms. The highest BCUT2D eigenvalue weighted by Crippen LogP contribution is 2.28. The Morgan fingerprint density at radius 2 is 2.22 bits per heavy atom. The van der Waals surface area contributed by atoms with Crippen molar-refractivity contribution in [2.75, 3.05) is 7.11 Å². The summed E-state index contributed by atoms with van der Waals surface area (Å²) in [6, 6.07) is 4.08. The summed E-state index contributed by atoms with van der Waals surface area (Å²) >= 11 is 1.43. The van der Waals surface area contributed by atoms with Gasteiger partial charge in [-0.1, -0.05) is 6.07 Å². The van der Waals surface area contributed by atoms with Gasteiger partial charge in [0, 0.05) is 12.8 Å². The molecule has 1 aromatic carbocycles. The van der Waals surface area contributed by atoms with Gasteiger partial charge >= 0.3 is 5.97 Å². The minimum absolute atomic E-state index is 0.219. The lowest BCUT2D eigenvalue weighted by Crippen LogP contribution is -2.06. The topological polar surface area (TPSA) is 69.9 Å². The molecule has 0 aliphatic heterocycles. The number of rotatable bonds is 4. The normalized spacial score (nSPS) is 10.9. The Morgan fingerprint density at radius 1 is 1.39 bits per heavy atom. The number of hydrogen-bond donors (Lipinski definition) is 0. The largest absolute Gasteiger partial charge is 0.465 e. The Balaban J connectivity index is 1.89. The SMILES string of the molecule is COC(=O)c1cc(F)ccc1CSc1ncnc2c1cnn2C. The van der Waals surface area contributed by atoms with Crippen molar-refractivity contribution in [1.82, 2.24) is 19.7 Å². The predicted octanol–water partition coefficient (Wildman–Crippen LogP) is 2.58. The van der Waals surface area contributed by atoms with Crippen molar-refractivity contribution < 1.29 is 13.9 Å². The van der Waals surface area contributed by atoms with Crippen molar-refractivity contribution in [1.29, 1.82) is 0 Å². The van der Waals surface area contributed by atoms with Crippen LogP contribution in [0.15, 0.2) is 35.7 Å². The molecule has 3 rings (SSSR count). The van der Waals surface area contributed by atoms with Crippen molar-refractivity contribution in [3.63, 3.8) is 0 Å². The van der Waals surface area contributed by atoms with E-state index in [1.807, 2.05) is 0 Å². The second-order valence-electron chi connectivity index (χ2n) is 4.77. The molecular weight excluding hydrogens is 319 g/mol. The lowest BCUT2D eigenvalue weighted by molar-refractivity contribution is 0.0599. The molecule has 0 fully saturated rings. The molecule has 2 aromatic heterocycles. The van der Waals surface area contributed by atoms with Crippen molar-refractivity contribution in [3.8, 4) is 0 Å². The molecule has 6 nitrogen and oxygen atoms in total. The molecule has 0 aliphatic carbocycles. The Morgan fingerprint density at radius 3 is 3.00 bits per heavy atom. The van der Waals surface area contributed by atoms with Crippen LogP contribution in [0.25, 0.3) is 11.0 Å². The van der Waals surface area contributed by atoms with Crippen molar-refractivity contribution in [2.24, 2.45) is 7.05 Å². The van der Waals surface area contributed by atoms with E-state index in [-0.39, 0.29) is 5.56 Å². The van der Waals surface area contributed by atoms with Gasteiger partial charge in [0.2, 0.25) is 0 Å². The fourth-order valence-corrected chi connectivity index (χ4v) is 3.14. The number of aromatic nitrogens is 4. The van der Waals surface area contributed by atoms with Crippen LogP contribution in [0.4, 0.5) is 4.39 Å². The van der Waals surface area contributed by atoms with Crippen LogP contribution < -0.4 is 0 Å². The number of carbonyl (C=O) groups is 1. The van der Waals surface area contributed by atoms with E-state index in [0.717, 1.165) is 16.1 Å². The number of aryl methyl sites for hydroxylation is 1. The van der Waals surface area contributed by atoms with Gasteiger partial charge in [-0.2, -0.15) is 5.10 Å². The molecule has 8 heteroatoms. The molecule has 0 N–H and O–H groups in total. The maximum absolute atomic E-state index is 13.4. The third-order valence-corrected chi connectivity index (χ3v) is 4.39. The van der Waals surface area contributed by atoms with E-state index in [9.17, 15) is 9.18 Å². The Labute approximate surface area is 135 Å². The fourth-order valence-electron chi connectivity index (χ4n) is 2.18. The maximum atomic E-state index is 13.4. The van der Waals surface area contributed by atoms with Gasteiger partial charge in [-0.3, -0.25) is 4.68 Å². The van der Waals surface area contributed by atoms with Gasteiger partial charge < -0.3 is 4.74 Å². The highest BCUT2D eigenvalue weighted by Gasteiger charge is 2.15. The number of thioether (sulfide) groups is 1. The third kappa shape index (κ3) is 3.02. The number of nitrogens with zero attached hydrogens (tertiary/aromatic N) is 4. The van der Waals surface area contributed by atoms with Crippen molar-refractivity contribution in [2.45, 2.75) is 10.8 Å². The van der Waals surface area contributed by atoms with Gasteiger partial charge in [0.25, 0.3) is 0 Å². The van der Waals surface area contributed by atoms with E-state index in [0.29, 0.717) is 11.3 Å². The summed E-state index contributed by atoms with van der Waals surface area (Å²) < 4.78 is 19.7. The summed E-state index contributed by atoms with van der Waals surface area (Å²) in [4.78, 5) is 20.2. The van der Waals surface area contributed by atoms with E-state index >= 15 is 0 Å². The minimum Gasteiger partial charge on any atom is -0.465 e. The quantitative estimate of drug-likeness (QED) is 0.415. The second-order valence-corrected chi connectivity index (χ2v) is 5.73.